The Morgan fingerprint density at radius 2 is 1.09 bits per heavy atom. The highest BCUT2D eigenvalue weighted by Gasteiger charge is 2.22. The Bertz CT molecular complexity index is 700. The van der Waals surface area contributed by atoms with Crippen LogP contribution in [0.5, 0.6) is 11.5 Å². The Labute approximate surface area is 143 Å². The summed E-state index contributed by atoms with van der Waals surface area (Å²) in [4.78, 5) is 0. The topological polar surface area (TPSA) is 40.5 Å². The van der Waals surface area contributed by atoms with Crippen molar-refractivity contribution in [2.75, 3.05) is 5.88 Å². The van der Waals surface area contributed by atoms with Crippen LogP contribution >= 0.6 is 11.6 Å². The third kappa shape index (κ3) is 2.92. The van der Waals surface area contributed by atoms with Crippen LogP contribution in [0.15, 0.2) is 12.1 Å². The van der Waals surface area contributed by atoms with Gasteiger partial charge in [0.25, 0.3) is 0 Å². The first-order valence-corrected chi connectivity index (χ1v) is 8.39. The first-order chi connectivity index (χ1) is 10.7. The molecule has 0 aliphatic heterocycles. The van der Waals surface area contributed by atoms with Crippen molar-refractivity contribution in [1.29, 1.82) is 0 Å². The molecule has 2 rings (SSSR count). The van der Waals surface area contributed by atoms with E-state index in [1.807, 2.05) is 53.7 Å². The predicted octanol–water partition coefficient (Wildman–Crippen LogP) is 5.32. The van der Waals surface area contributed by atoms with Crippen LogP contribution < -0.4 is 0 Å². The molecule has 0 atom stereocenters. The highest BCUT2D eigenvalue weighted by Crippen LogP contribution is 2.39. The molecule has 0 fully saturated rings. The third-order valence-electron chi connectivity index (χ3n) is 5.10. The van der Waals surface area contributed by atoms with Gasteiger partial charge >= 0.3 is 0 Å². The molecule has 23 heavy (non-hydrogen) atoms. The molecule has 2 nitrogen and oxygen atoms in total. The molecule has 3 heteroatoms. The molecule has 0 heterocycles. The molecule has 0 aromatic heterocycles. The summed E-state index contributed by atoms with van der Waals surface area (Å²) < 4.78 is 0. The molecule has 0 amide bonds. The maximum absolute atomic E-state index is 10.1. The number of phenols is 2. The Morgan fingerprint density at radius 1 is 0.739 bits per heavy atom. The van der Waals surface area contributed by atoms with Gasteiger partial charge in [0.05, 0.1) is 0 Å². The maximum atomic E-state index is 10.1. The van der Waals surface area contributed by atoms with Crippen LogP contribution in [0.25, 0.3) is 0 Å². The van der Waals surface area contributed by atoms with Gasteiger partial charge in [0, 0.05) is 11.8 Å². The molecule has 2 aromatic carbocycles. The SMILES string of the molecule is Cc1cc(C(CCl)c2cc(C)c(O)c(C)c2C)c(C)c(C)c1O. The number of phenolic OH excluding ortho intramolecular Hbond substituents is 2. The summed E-state index contributed by atoms with van der Waals surface area (Å²) in [7, 11) is 0. The van der Waals surface area contributed by atoms with Gasteiger partial charge < -0.3 is 10.2 Å². The minimum absolute atomic E-state index is 0.0349. The average Bonchev–Trinajstić information content (AvgIpc) is 2.53. The smallest absolute Gasteiger partial charge is 0.121 e. The highest BCUT2D eigenvalue weighted by atomic mass is 35.5. The summed E-state index contributed by atoms with van der Waals surface area (Å²) in [6.07, 6.45) is 0. The van der Waals surface area contributed by atoms with Crippen LogP contribution in [0.1, 0.15) is 50.4 Å². The minimum atomic E-state index is 0.0349. The monoisotopic (exact) mass is 332 g/mol. The minimum Gasteiger partial charge on any atom is -0.507 e. The molecule has 0 saturated heterocycles. The fourth-order valence-corrected chi connectivity index (χ4v) is 3.59. The number of halogens is 1. The normalized spacial score (nSPS) is 11.3. The van der Waals surface area contributed by atoms with Crippen LogP contribution in [-0.2, 0) is 0 Å². The van der Waals surface area contributed by atoms with Gasteiger partial charge in [-0.1, -0.05) is 12.1 Å². The fraction of sp³-hybridized carbons (Fsp3) is 0.400. The number of hydrogen-bond acceptors (Lipinski definition) is 2. The summed E-state index contributed by atoms with van der Waals surface area (Å²) in [6.45, 7) is 11.8. The van der Waals surface area contributed by atoms with E-state index in [0.29, 0.717) is 17.4 Å². The van der Waals surface area contributed by atoms with E-state index in [9.17, 15) is 10.2 Å². The van der Waals surface area contributed by atoms with E-state index in [-0.39, 0.29) is 5.92 Å². The van der Waals surface area contributed by atoms with E-state index in [1.54, 1.807) is 0 Å². The molecule has 0 bridgehead atoms. The number of hydrogen-bond donors (Lipinski definition) is 2. The number of benzene rings is 2. The van der Waals surface area contributed by atoms with E-state index >= 15 is 0 Å². The number of alkyl halides is 1. The Kier molecular flexibility index (Phi) is 4.95. The quantitative estimate of drug-likeness (QED) is 0.747. The van der Waals surface area contributed by atoms with Crippen molar-refractivity contribution in [1.82, 2.24) is 0 Å². The largest absolute Gasteiger partial charge is 0.507 e. The van der Waals surface area contributed by atoms with Crippen molar-refractivity contribution in [3.8, 4) is 11.5 Å². The standard InChI is InChI=1S/C20H25ClO2/c1-10-7-16(12(3)14(5)19(10)22)18(9-21)17-8-11(2)20(23)15(6)13(17)4/h7-8,18,22-23H,9H2,1-6H3. The van der Waals surface area contributed by atoms with Crippen LogP contribution in [0.2, 0.25) is 0 Å². The lowest BCUT2D eigenvalue weighted by Gasteiger charge is -2.24. The second-order valence-electron chi connectivity index (χ2n) is 6.47. The molecule has 0 aliphatic carbocycles. The summed E-state index contributed by atoms with van der Waals surface area (Å²) in [6, 6.07) is 4.06. The van der Waals surface area contributed by atoms with Crippen molar-refractivity contribution in [3.05, 3.63) is 56.6 Å². The van der Waals surface area contributed by atoms with Crippen LogP contribution in [0.3, 0.4) is 0 Å². The zero-order chi connectivity index (χ0) is 17.5. The lowest BCUT2D eigenvalue weighted by atomic mass is 9.83. The van der Waals surface area contributed by atoms with Gasteiger partial charge in [-0.25, -0.2) is 0 Å². The second-order valence-corrected chi connectivity index (χ2v) is 6.78. The maximum Gasteiger partial charge on any atom is 0.121 e. The summed E-state index contributed by atoms with van der Waals surface area (Å²) >= 11 is 6.34. The molecular formula is C20H25ClO2. The molecule has 2 N–H and O–H groups in total. The number of aryl methyl sites for hydroxylation is 2. The van der Waals surface area contributed by atoms with Gasteiger partial charge in [-0.2, -0.15) is 0 Å². The van der Waals surface area contributed by atoms with Crippen LogP contribution in [0.4, 0.5) is 0 Å². The van der Waals surface area contributed by atoms with E-state index in [2.05, 4.69) is 0 Å². The predicted molar refractivity (Wildman–Crippen MR) is 97.2 cm³/mol. The van der Waals surface area contributed by atoms with Crippen LogP contribution in [0, 0.1) is 41.5 Å². The van der Waals surface area contributed by atoms with Crippen molar-refractivity contribution in [2.24, 2.45) is 0 Å². The number of aromatic hydroxyl groups is 2. The van der Waals surface area contributed by atoms with Gasteiger partial charge in [-0.3, -0.25) is 0 Å². The molecular weight excluding hydrogens is 308 g/mol. The molecule has 0 saturated carbocycles. The van der Waals surface area contributed by atoms with E-state index in [1.165, 1.54) is 0 Å². The first kappa shape index (κ1) is 17.7. The van der Waals surface area contributed by atoms with E-state index in [4.69, 9.17) is 11.6 Å². The van der Waals surface area contributed by atoms with Crippen molar-refractivity contribution in [2.45, 2.75) is 47.5 Å². The second kappa shape index (κ2) is 6.45. The third-order valence-corrected chi connectivity index (χ3v) is 5.41. The molecule has 0 unspecified atom stereocenters. The van der Waals surface area contributed by atoms with Gasteiger partial charge in [-0.05, 0) is 86.1 Å². The summed E-state index contributed by atoms with van der Waals surface area (Å²) in [5, 5.41) is 20.3. The van der Waals surface area contributed by atoms with Gasteiger partial charge in [0.2, 0.25) is 0 Å². The molecule has 0 radical (unpaired) electrons. The molecule has 2 aromatic rings. The summed E-state index contributed by atoms with van der Waals surface area (Å²) in [5.74, 6) is 1.20. The number of rotatable bonds is 3. The van der Waals surface area contributed by atoms with Crippen molar-refractivity contribution < 1.29 is 10.2 Å². The molecule has 0 aliphatic rings. The summed E-state index contributed by atoms with van der Waals surface area (Å²) in [5.41, 5.74) is 7.95. The Morgan fingerprint density at radius 3 is 1.39 bits per heavy atom. The fourth-order valence-electron chi connectivity index (χ4n) is 3.26. The average molecular weight is 333 g/mol. The zero-order valence-electron chi connectivity index (χ0n) is 14.7. The van der Waals surface area contributed by atoms with Crippen molar-refractivity contribution in [3.63, 3.8) is 0 Å². The Hall–Kier alpha value is -1.67. The van der Waals surface area contributed by atoms with E-state index in [0.717, 1.165) is 44.5 Å². The van der Waals surface area contributed by atoms with Crippen molar-refractivity contribution >= 4 is 11.6 Å². The van der Waals surface area contributed by atoms with Crippen LogP contribution in [-0.4, -0.2) is 16.1 Å². The zero-order valence-corrected chi connectivity index (χ0v) is 15.5. The van der Waals surface area contributed by atoms with Gasteiger partial charge in [0.15, 0.2) is 0 Å². The molecule has 0 spiro atoms. The van der Waals surface area contributed by atoms with E-state index < -0.39 is 0 Å². The first-order valence-electron chi connectivity index (χ1n) is 7.85. The van der Waals surface area contributed by atoms with Gasteiger partial charge in [0.1, 0.15) is 11.5 Å². The highest BCUT2D eigenvalue weighted by molar-refractivity contribution is 6.18. The Balaban J connectivity index is 2.72. The van der Waals surface area contributed by atoms with Gasteiger partial charge in [-0.15, -0.1) is 11.6 Å². The lowest BCUT2D eigenvalue weighted by molar-refractivity contribution is 0.465. The molecule has 124 valence electrons. The lowest BCUT2D eigenvalue weighted by Crippen LogP contribution is -2.10.